The Kier molecular flexibility index (Phi) is 14.2. The summed E-state index contributed by atoms with van der Waals surface area (Å²) in [6, 6.07) is 93.7. The van der Waals surface area contributed by atoms with E-state index in [1.165, 1.54) is 25.0 Å². The quantitative estimate of drug-likeness (QED) is 0.107. The van der Waals surface area contributed by atoms with Gasteiger partial charge in [0.2, 0.25) is 0 Å². The molecule has 0 atom stereocenters. The Morgan fingerprint density at radius 1 is 0.193 bits per heavy atom. The van der Waals surface area contributed by atoms with Crippen LogP contribution in [0.25, 0.3) is 0 Å². The van der Waals surface area contributed by atoms with Gasteiger partial charge in [-0.3, -0.25) is 0 Å². The van der Waals surface area contributed by atoms with Crippen molar-refractivity contribution in [2.45, 2.75) is -4.35 Å². The second-order valence-electron chi connectivity index (χ2n) is 14.3. The fourth-order valence-corrected chi connectivity index (χ4v) is 691. The molecule has 8 aromatic rings. The second kappa shape index (κ2) is 18.8. The Balaban J connectivity index is 1.81. The summed E-state index contributed by atoms with van der Waals surface area (Å²) in [7, 11) is 0. The summed E-state index contributed by atoms with van der Waals surface area (Å²) in [5.41, 5.74) is 0. The number of benzene rings is 8. The summed E-state index contributed by atoms with van der Waals surface area (Å²) in [4.78, 5) is 0. The van der Waals surface area contributed by atoms with E-state index < -0.39 is 75.1 Å². The van der Waals surface area contributed by atoms with E-state index in [9.17, 15) is 0 Å². The summed E-state index contributed by atoms with van der Waals surface area (Å²) >= 11 is 1.86. The zero-order valence-electron chi connectivity index (χ0n) is 31.1. The molecule has 8 rings (SSSR count). The Hall–Kier alpha value is -0.632. The van der Waals surface area contributed by atoms with Gasteiger partial charge < -0.3 is 0 Å². The van der Waals surface area contributed by atoms with Crippen LogP contribution < -0.4 is 25.0 Å². The Bertz CT molecular complexity index is 1980. The van der Waals surface area contributed by atoms with E-state index in [-0.39, 0.29) is -4.35 Å². The first kappa shape index (κ1) is 43.0. The van der Waals surface area contributed by atoms with Crippen molar-refractivity contribution in [1.82, 2.24) is 0 Å². The van der Waals surface area contributed by atoms with E-state index in [0.29, 0.717) is 0 Å². The third-order valence-electron chi connectivity index (χ3n) is 11.4. The maximum absolute atomic E-state index is 5.32. The van der Waals surface area contributed by atoms with Crippen molar-refractivity contribution in [3.8, 4) is 0 Å². The molecule has 0 saturated carbocycles. The van der Waals surface area contributed by atoms with Crippen molar-refractivity contribution < 1.29 is 0 Å². The molecule has 0 N–H and O–H groups in total. The fourth-order valence-electron chi connectivity index (χ4n) is 9.17. The van der Waals surface area contributed by atoms with Crippen molar-refractivity contribution in [2.75, 3.05) is 0 Å². The molecule has 8 aromatic carbocycles. The molecule has 280 valence electrons. The molecule has 0 aromatic heterocycles. The van der Waals surface area contributed by atoms with Crippen LogP contribution in [0.1, 0.15) is 0 Å². The van der Waals surface area contributed by atoms with Gasteiger partial charge in [0.25, 0.3) is 0 Å². The molecule has 0 saturated heterocycles. The predicted octanol–water partition coefficient (Wildman–Crippen LogP) is 8.96. The summed E-state index contributed by atoms with van der Waals surface area (Å²) < 4.78 is 11.5. The normalized spacial score (nSPS) is 12.6. The first-order chi connectivity index (χ1) is 27.8. The van der Waals surface area contributed by atoms with E-state index >= 15 is 0 Å². The van der Waals surface area contributed by atoms with Crippen LogP contribution in [0.15, 0.2) is 243 Å². The van der Waals surface area contributed by atoms with Crippen molar-refractivity contribution in [3.05, 3.63) is 243 Å². The minimum atomic E-state index is -4.85. The number of rotatable bonds is 12. The average molecular weight is 1780 g/mol. The molecule has 0 fully saturated rings. The first-order valence-electron chi connectivity index (χ1n) is 19.0. The SMILES string of the molecule is [Br][Pb]([c]1ccccc1)([c]1ccccc1)[C]([Pb]([Br])([c]1ccccc1)[c]1ccccc1)([Pb]([Br])([c]1ccccc1)[c]1ccccc1)[Pb]([Br])([c]1ccccc1)[c]1ccccc1. The predicted molar refractivity (Wildman–Crippen MR) is 270 cm³/mol. The topological polar surface area (TPSA) is 0 Å². The first-order valence-corrected chi connectivity index (χ1v) is 76.1. The molecular formula is C49H40Br4Pb4. The van der Waals surface area contributed by atoms with Crippen molar-refractivity contribution >= 4 is 148 Å². The van der Waals surface area contributed by atoms with Gasteiger partial charge in [0, 0.05) is 0 Å². The van der Waals surface area contributed by atoms with Gasteiger partial charge in [0.15, 0.2) is 0 Å². The van der Waals surface area contributed by atoms with Crippen LogP contribution in [0.5, 0.6) is 0 Å². The number of halogens is 4. The molecule has 0 aliphatic rings. The van der Waals surface area contributed by atoms with Gasteiger partial charge in [-0.25, -0.2) is 0 Å². The molecule has 8 heteroatoms. The molecule has 0 heterocycles. The molecular weight excluding hydrogens is 1740 g/mol. The van der Waals surface area contributed by atoms with Crippen LogP contribution in [0.4, 0.5) is 0 Å². The van der Waals surface area contributed by atoms with E-state index in [1.807, 2.05) is 0 Å². The molecule has 0 aliphatic heterocycles. The van der Waals surface area contributed by atoms with E-state index in [0.717, 1.165) is 0 Å². The molecule has 0 bridgehead atoms. The second-order valence-corrected chi connectivity index (χ2v) is 151. The fraction of sp³-hybridized carbons (Fsp3) is 0.0204. The van der Waals surface area contributed by atoms with Gasteiger partial charge in [-0.1, -0.05) is 0 Å². The molecule has 0 amide bonds. The van der Waals surface area contributed by atoms with Crippen molar-refractivity contribution in [3.63, 3.8) is 0 Å². The van der Waals surface area contributed by atoms with E-state index in [2.05, 4.69) is 243 Å². The number of hydrogen-bond donors (Lipinski definition) is 0. The van der Waals surface area contributed by atoms with Crippen LogP contribution in [0, 0.1) is 0 Å². The third-order valence-corrected chi connectivity index (χ3v) is 419. The standard InChI is InChI=1S/8C6H5.C.4BrH.4Pb/c8*1-2-4-6-5-3-1;;;;;;;;;/h8*1-5H;;4*1H;;;;/q;;;;;;;;;;;;;4*+1/p-4. The Labute approximate surface area is 379 Å². The zero-order chi connectivity index (χ0) is 39.4. The van der Waals surface area contributed by atoms with Crippen LogP contribution in [-0.4, -0.2) is 75.1 Å². The third kappa shape index (κ3) is 7.26. The zero-order valence-corrected chi connectivity index (χ0v) is 53.0. The molecule has 0 spiro atoms. The van der Waals surface area contributed by atoms with Crippen LogP contribution in [0.3, 0.4) is 0 Å². The van der Waals surface area contributed by atoms with Gasteiger partial charge >= 0.3 is 386 Å². The van der Waals surface area contributed by atoms with Crippen molar-refractivity contribution in [2.24, 2.45) is 0 Å². The average Bonchev–Trinajstić information content (AvgIpc) is 3.31. The van der Waals surface area contributed by atoms with Gasteiger partial charge in [-0.2, -0.15) is 0 Å². The van der Waals surface area contributed by atoms with Gasteiger partial charge in [-0.05, 0) is 0 Å². The molecule has 0 radical (unpaired) electrons. The van der Waals surface area contributed by atoms with Crippen molar-refractivity contribution in [1.29, 1.82) is 0 Å². The molecule has 0 aliphatic carbocycles. The molecule has 57 heavy (non-hydrogen) atoms. The summed E-state index contributed by atoms with van der Waals surface area (Å²) in [5, 5.41) is 0. The summed E-state index contributed by atoms with van der Waals surface area (Å²) in [5.74, 6) is 0. The van der Waals surface area contributed by atoms with Crippen LogP contribution >= 0.6 is 47.9 Å². The molecule has 0 nitrogen and oxygen atoms in total. The van der Waals surface area contributed by atoms with Crippen LogP contribution in [-0.2, 0) is 0 Å². The monoisotopic (exact) mass is 1780 g/mol. The van der Waals surface area contributed by atoms with Gasteiger partial charge in [0.1, 0.15) is 0 Å². The van der Waals surface area contributed by atoms with Gasteiger partial charge in [-0.15, -0.1) is 0 Å². The minimum absolute atomic E-state index is 0.295. The Morgan fingerprint density at radius 3 is 0.404 bits per heavy atom. The summed E-state index contributed by atoms with van der Waals surface area (Å²) in [6.07, 6.45) is 0. The van der Waals surface area contributed by atoms with E-state index in [4.69, 9.17) is 47.9 Å². The van der Waals surface area contributed by atoms with E-state index in [1.54, 1.807) is 0 Å². The maximum atomic E-state index is 5.32. The van der Waals surface area contributed by atoms with Gasteiger partial charge in [0.05, 0.1) is 0 Å². The number of hydrogen-bond acceptors (Lipinski definition) is 0. The summed E-state index contributed by atoms with van der Waals surface area (Å²) in [6.45, 7) is 0. The van der Waals surface area contributed by atoms with Crippen LogP contribution in [0.2, 0.25) is -4.35 Å². The Morgan fingerprint density at radius 2 is 0.298 bits per heavy atom. The molecule has 0 unspecified atom stereocenters.